The fourth-order valence-corrected chi connectivity index (χ4v) is 3.50. The summed E-state index contributed by atoms with van der Waals surface area (Å²) in [5.74, 6) is 0.602. The molecule has 1 aliphatic carbocycles. The summed E-state index contributed by atoms with van der Waals surface area (Å²) in [5.41, 5.74) is 4.12. The Bertz CT molecular complexity index is 853. The number of nitriles is 1. The quantitative estimate of drug-likeness (QED) is 0.928. The second-order valence-corrected chi connectivity index (χ2v) is 6.30. The Hall–Kier alpha value is -2.64. The van der Waals surface area contributed by atoms with Crippen LogP contribution in [0.3, 0.4) is 0 Å². The van der Waals surface area contributed by atoms with E-state index in [2.05, 4.69) is 6.07 Å². The van der Waals surface area contributed by atoms with Crippen LogP contribution in [0.5, 0.6) is 0 Å². The molecule has 3 unspecified atom stereocenters. The molecule has 0 bridgehead atoms. The third kappa shape index (κ3) is 2.13. The van der Waals surface area contributed by atoms with Gasteiger partial charge in [0.05, 0.1) is 11.6 Å². The first-order chi connectivity index (χ1) is 11.1. The van der Waals surface area contributed by atoms with Crippen molar-refractivity contribution in [1.82, 2.24) is 0 Å². The van der Waals surface area contributed by atoms with Gasteiger partial charge in [-0.05, 0) is 47.2 Å². The van der Waals surface area contributed by atoms with Gasteiger partial charge in [-0.3, -0.25) is 4.79 Å². The number of carbonyl (C=O) groups excluding carboxylic acids is 1. The topological polar surface area (TPSA) is 64.3 Å². The molecule has 23 heavy (non-hydrogen) atoms. The summed E-state index contributed by atoms with van der Waals surface area (Å²) in [6.07, 6.45) is 0.133. The number of aliphatic hydroxyl groups is 1. The number of hydrogen-bond donors (Lipinski definition) is 1. The molecule has 1 aliphatic heterocycles. The predicted molar refractivity (Wildman–Crippen MR) is 85.9 cm³/mol. The van der Waals surface area contributed by atoms with Gasteiger partial charge in [-0.2, -0.15) is 5.26 Å². The predicted octanol–water partition coefficient (Wildman–Crippen LogP) is 2.72. The molecule has 4 rings (SSSR count). The van der Waals surface area contributed by atoms with Gasteiger partial charge in [0.15, 0.2) is 0 Å². The molecule has 3 atom stereocenters. The maximum atomic E-state index is 12.1. The molecule has 1 N–H and O–H groups in total. The number of rotatable bonds is 2. The van der Waals surface area contributed by atoms with Gasteiger partial charge in [-0.15, -0.1) is 0 Å². The highest BCUT2D eigenvalue weighted by Gasteiger charge is 2.50. The third-order valence-corrected chi connectivity index (χ3v) is 4.90. The van der Waals surface area contributed by atoms with Crippen molar-refractivity contribution in [3.63, 3.8) is 0 Å². The van der Waals surface area contributed by atoms with Crippen molar-refractivity contribution in [3.05, 3.63) is 64.7 Å². The Labute approximate surface area is 134 Å². The molecule has 4 nitrogen and oxygen atoms in total. The van der Waals surface area contributed by atoms with E-state index in [0.29, 0.717) is 17.0 Å². The number of amides is 1. The van der Waals surface area contributed by atoms with Gasteiger partial charge in [0, 0.05) is 18.7 Å². The second kappa shape index (κ2) is 4.94. The normalized spacial score (nSPS) is 22.8. The molecule has 2 aromatic rings. The number of nitrogens with zero attached hydrogens (tertiary/aromatic N) is 2. The number of benzene rings is 2. The lowest BCUT2D eigenvalue weighted by Crippen LogP contribution is -2.32. The van der Waals surface area contributed by atoms with E-state index in [1.807, 2.05) is 31.3 Å². The van der Waals surface area contributed by atoms with Crippen molar-refractivity contribution in [2.24, 2.45) is 5.92 Å². The number of anilines is 1. The van der Waals surface area contributed by atoms with Crippen LogP contribution in [-0.2, 0) is 4.79 Å². The van der Waals surface area contributed by atoms with Crippen molar-refractivity contribution >= 4 is 11.6 Å². The molecule has 1 fully saturated rings. The molecular weight excluding hydrogens is 288 g/mol. The first kappa shape index (κ1) is 14.0. The van der Waals surface area contributed by atoms with Crippen LogP contribution in [0.4, 0.5) is 5.69 Å². The minimum atomic E-state index is -0.770. The van der Waals surface area contributed by atoms with Gasteiger partial charge < -0.3 is 10.0 Å². The molecule has 2 aliphatic rings. The van der Waals surface area contributed by atoms with Crippen LogP contribution in [-0.4, -0.2) is 18.1 Å². The van der Waals surface area contributed by atoms with E-state index < -0.39 is 6.10 Å². The summed E-state index contributed by atoms with van der Waals surface area (Å²) in [4.78, 5) is 13.8. The summed E-state index contributed by atoms with van der Waals surface area (Å²) in [6, 6.07) is 14.9. The van der Waals surface area contributed by atoms with E-state index in [-0.39, 0.29) is 11.8 Å². The van der Waals surface area contributed by atoms with E-state index in [1.54, 1.807) is 23.1 Å². The van der Waals surface area contributed by atoms with Crippen LogP contribution < -0.4 is 4.90 Å². The molecule has 0 spiro atoms. The van der Waals surface area contributed by atoms with Crippen molar-refractivity contribution in [2.45, 2.75) is 18.4 Å². The van der Waals surface area contributed by atoms with E-state index in [4.69, 9.17) is 5.26 Å². The monoisotopic (exact) mass is 304 g/mol. The van der Waals surface area contributed by atoms with E-state index in [1.165, 1.54) is 0 Å². The molecule has 0 saturated heterocycles. The Morgan fingerprint density at radius 1 is 1.22 bits per heavy atom. The second-order valence-electron chi connectivity index (χ2n) is 6.30. The number of aliphatic hydroxyl groups excluding tert-OH is 1. The molecular formula is C19H16N2O2. The fourth-order valence-electron chi connectivity index (χ4n) is 3.50. The Morgan fingerprint density at radius 2 is 2.00 bits per heavy atom. The molecule has 0 aromatic heterocycles. The average molecular weight is 304 g/mol. The van der Waals surface area contributed by atoms with E-state index in [0.717, 1.165) is 23.2 Å². The summed E-state index contributed by atoms with van der Waals surface area (Å²) in [5, 5.41) is 19.6. The van der Waals surface area contributed by atoms with Gasteiger partial charge in [-0.1, -0.05) is 24.3 Å². The standard InChI is InChI=1S/C19H16N2O2/c1-21-17-6-5-13(8-15(17)14-9-16(14)19(21)23)18(22)12-4-2-3-11(7-12)10-20/h2-8,14,16,18,22H,9H2,1H3. The lowest BCUT2D eigenvalue weighted by molar-refractivity contribution is -0.119. The molecule has 0 radical (unpaired) electrons. The molecule has 114 valence electrons. The summed E-state index contributed by atoms with van der Waals surface area (Å²) < 4.78 is 0. The van der Waals surface area contributed by atoms with Crippen molar-refractivity contribution < 1.29 is 9.90 Å². The molecule has 1 heterocycles. The SMILES string of the molecule is CN1C(=O)C2CC2c2cc(C(O)c3cccc(C#N)c3)ccc21. The van der Waals surface area contributed by atoms with Crippen LogP contribution in [0, 0.1) is 17.2 Å². The molecule has 1 amide bonds. The van der Waals surface area contributed by atoms with Gasteiger partial charge in [0.1, 0.15) is 6.10 Å². The van der Waals surface area contributed by atoms with E-state index >= 15 is 0 Å². The highest BCUT2D eigenvalue weighted by molar-refractivity contribution is 6.01. The zero-order valence-electron chi connectivity index (χ0n) is 12.7. The maximum Gasteiger partial charge on any atom is 0.230 e. The van der Waals surface area contributed by atoms with Crippen LogP contribution in [0.25, 0.3) is 0 Å². The average Bonchev–Trinajstić information content (AvgIpc) is 3.39. The number of fused-ring (bicyclic) bond motifs is 3. The van der Waals surface area contributed by atoms with Crippen molar-refractivity contribution in [1.29, 1.82) is 5.26 Å². The van der Waals surface area contributed by atoms with Crippen LogP contribution in [0.15, 0.2) is 42.5 Å². The number of hydrogen-bond acceptors (Lipinski definition) is 3. The lowest BCUT2D eigenvalue weighted by atomic mass is 9.94. The van der Waals surface area contributed by atoms with Crippen LogP contribution in [0.2, 0.25) is 0 Å². The zero-order chi connectivity index (χ0) is 16.1. The summed E-state index contributed by atoms with van der Waals surface area (Å²) in [6.45, 7) is 0. The zero-order valence-corrected chi connectivity index (χ0v) is 12.7. The molecule has 1 saturated carbocycles. The largest absolute Gasteiger partial charge is 0.384 e. The first-order valence-electron chi connectivity index (χ1n) is 7.69. The Kier molecular flexibility index (Phi) is 3.00. The minimum absolute atomic E-state index is 0.113. The fraction of sp³-hybridized carbons (Fsp3) is 0.263. The molecule has 2 aromatic carbocycles. The smallest absolute Gasteiger partial charge is 0.230 e. The first-order valence-corrected chi connectivity index (χ1v) is 7.69. The highest BCUT2D eigenvalue weighted by atomic mass is 16.3. The van der Waals surface area contributed by atoms with Crippen LogP contribution >= 0.6 is 0 Å². The highest BCUT2D eigenvalue weighted by Crippen LogP contribution is 2.55. The Morgan fingerprint density at radius 3 is 2.78 bits per heavy atom. The van der Waals surface area contributed by atoms with Crippen molar-refractivity contribution in [3.8, 4) is 6.07 Å². The van der Waals surface area contributed by atoms with Gasteiger partial charge >= 0.3 is 0 Å². The van der Waals surface area contributed by atoms with Crippen molar-refractivity contribution in [2.75, 3.05) is 11.9 Å². The number of carbonyl (C=O) groups is 1. The maximum absolute atomic E-state index is 12.1. The Balaban J connectivity index is 1.72. The minimum Gasteiger partial charge on any atom is -0.384 e. The van der Waals surface area contributed by atoms with Gasteiger partial charge in [0.2, 0.25) is 5.91 Å². The van der Waals surface area contributed by atoms with Gasteiger partial charge in [0.25, 0.3) is 0 Å². The van der Waals surface area contributed by atoms with Gasteiger partial charge in [-0.25, -0.2) is 0 Å². The third-order valence-electron chi connectivity index (χ3n) is 4.90. The summed E-state index contributed by atoms with van der Waals surface area (Å²) >= 11 is 0. The summed E-state index contributed by atoms with van der Waals surface area (Å²) in [7, 11) is 1.81. The van der Waals surface area contributed by atoms with Crippen LogP contribution in [0.1, 0.15) is 40.7 Å². The van der Waals surface area contributed by atoms with E-state index in [9.17, 15) is 9.90 Å². The molecule has 4 heteroatoms. The lowest BCUT2D eigenvalue weighted by Gasteiger charge is -2.26.